The summed E-state index contributed by atoms with van der Waals surface area (Å²) in [5.74, 6) is -0.684. The molecule has 0 unspecified atom stereocenters. The van der Waals surface area contributed by atoms with Crippen LogP contribution in [-0.4, -0.2) is 41.6 Å². The predicted octanol–water partition coefficient (Wildman–Crippen LogP) is 5.08. The summed E-state index contributed by atoms with van der Waals surface area (Å²) in [5.41, 5.74) is 1.81. The molecule has 4 aromatic rings. The van der Waals surface area contributed by atoms with Gasteiger partial charge in [-0.3, -0.25) is 9.10 Å². The van der Waals surface area contributed by atoms with Crippen LogP contribution in [0.3, 0.4) is 0 Å². The third kappa shape index (κ3) is 4.77. The van der Waals surface area contributed by atoms with Crippen molar-refractivity contribution >= 4 is 54.7 Å². The molecule has 0 atom stereocenters. The number of carbonyl (C=O) groups excluding carboxylic acids is 2. The molecule has 0 saturated heterocycles. The first-order chi connectivity index (χ1) is 17.1. The Morgan fingerprint density at radius 1 is 0.972 bits per heavy atom. The van der Waals surface area contributed by atoms with Crippen LogP contribution in [0.5, 0.6) is 5.75 Å². The molecule has 4 rings (SSSR count). The van der Waals surface area contributed by atoms with Crippen LogP contribution in [0, 0.1) is 6.92 Å². The van der Waals surface area contributed by atoms with Gasteiger partial charge in [-0.05, 0) is 66.4 Å². The maximum Gasteiger partial charge on any atom is 0.339 e. The van der Waals surface area contributed by atoms with E-state index in [1.807, 2.05) is 6.92 Å². The molecule has 1 heterocycles. The van der Waals surface area contributed by atoms with Gasteiger partial charge in [-0.25, -0.2) is 13.2 Å². The molecule has 0 saturated carbocycles. The number of hydrogen-bond donors (Lipinski definition) is 1. The van der Waals surface area contributed by atoms with Gasteiger partial charge in [0.1, 0.15) is 10.6 Å². The van der Waals surface area contributed by atoms with Gasteiger partial charge in [0.2, 0.25) is 0 Å². The average Bonchev–Trinajstić information content (AvgIpc) is 3.31. The molecule has 10 heteroatoms. The second kappa shape index (κ2) is 10.00. The number of thiophene rings is 1. The number of carbonyl (C=O) groups is 2. The highest BCUT2D eigenvalue weighted by atomic mass is 32.2. The predicted molar refractivity (Wildman–Crippen MR) is 141 cm³/mol. The molecule has 1 aromatic heterocycles. The van der Waals surface area contributed by atoms with E-state index in [0.29, 0.717) is 21.6 Å². The molecule has 0 aliphatic rings. The number of nitrogens with one attached hydrogen (secondary N) is 1. The number of amides is 1. The standard InChI is InChI=1S/C26H24N2O6S2/c1-16-9-11-21(33-3)24(13-16)36(31,32)28(2)18-10-12-22-17(14-18)15-23(35-22)25(29)27-20-8-6-5-7-19(20)26(30)34-4/h5-15H,1-4H3,(H,27,29). The van der Waals surface area contributed by atoms with Crippen LogP contribution >= 0.6 is 11.3 Å². The Kier molecular flexibility index (Phi) is 7.00. The number of methoxy groups -OCH3 is 2. The van der Waals surface area contributed by atoms with Crippen molar-refractivity contribution in [3.63, 3.8) is 0 Å². The number of aryl methyl sites for hydroxylation is 1. The van der Waals surface area contributed by atoms with Crippen LogP contribution in [0.1, 0.15) is 25.6 Å². The molecule has 0 aliphatic carbocycles. The van der Waals surface area contributed by atoms with Crippen LogP contribution < -0.4 is 14.4 Å². The number of nitrogens with zero attached hydrogens (tertiary/aromatic N) is 1. The van der Waals surface area contributed by atoms with E-state index in [-0.39, 0.29) is 22.1 Å². The molecule has 1 N–H and O–H groups in total. The molecule has 0 aliphatic heterocycles. The zero-order chi connectivity index (χ0) is 26.0. The van der Waals surface area contributed by atoms with E-state index < -0.39 is 16.0 Å². The Bertz CT molecular complexity index is 1580. The molecule has 3 aromatic carbocycles. The molecule has 1 amide bonds. The number of rotatable bonds is 7. The lowest BCUT2D eigenvalue weighted by Gasteiger charge is -2.21. The number of anilines is 2. The lowest BCUT2D eigenvalue weighted by molar-refractivity contribution is 0.0602. The molecule has 0 spiro atoms. The van der Waals surface area contributed by atoms with Crippen LogP contribution in [-0.2, 0) is 14.8 Å². The number of benzene rings is 3. The number of para-hydroxylation sites is 1. The van der Waals surface area contributed by atoms with Gasteiger partial charge in [-0.2, -0.15) is 0 Å². The van der Waals surface area contributed by atoms with Gasteiger partial charge in [0.25, 0.3) is 15.9 Å². The van der Waals surface area contributed by atoms with Crippen molar-refractivity contribution in [2.45, 2.75) is 11.8 Å². The van der Waals surface area contributed by atoms with Gasteiger partial charge in [0, 0.05) is 11.7 Å². The van der Waals surface area contributed by atoms with Crippen LogP contribution in [0.4, 0.5) is 11.4 Å². The van der Waals surface area contributed by atoms with Crippen molar-refractivity contribution in [3.05, 3.63) is 82.7 Å². The summed E-state index contributed by atoms with van der Waals surface area (Å²) >= 11 is 1.26. The first-order valence-electron chi connectivity index (χ1n) is 10.8. The van der Waals surface area contributed by atoms with Gasteiger partial charge in [-0.1, -0.05) is 18.2 Å². The second-order valence-corrected chi connectivity index (χ2v) is 11.0. The Balaban J connectivity index is 1.64. The van der Waals surface area contributed by atoms with Crippen LogP contribution in [0.25, 0.3) is 10.1 Å². The molecule has 0 fully saturated rings. The Labute approximate surface area is 213 Å². The van der Waals surface area contributed by atoms with E-state index in [9.17, 15) is 18.0 Å². The third-order valence-corrected chi connectivity index (χ3v) is 8.55. The van der Waals surface area contributed by atoms with E-state index in [4.69, 9.17) is 9.47 Å². The van der Waals surface area contributed by atoms with Crippen molar-refractivity contribution in [1.82, 2.24) is 0 Å². The summed E-state index contributed by atoms with van der Waals surface area (Å²) in [6.07, 6.45) is 0. The lowest BCUT2D eigenvalue weighted by atomic mass is 10.1. The lowest BCUT2D eigenvalue weighted by Crippen LogP contribution is -2.27. The van der Waals surface area contributed by atoms with Gasteiger partial charge in [0.15, 0.2) is 0 Å². The molecular weight excluding hydrogens is 500 g/mol. The van der Waals surface area contributed by atoms with Gasteiger partial charge in [0.05, 0.1) is 36.0 Å². The average molecular weight is 525 g/mol. The minimum absolute atomic E-state index is 0.0715. The van der Waals surface area contributed by atoms with E-state index in [1.54, 1.807) is 66.7 Å². The minimum atomic E-state index is -3.90. The quantitative estimate of drug-likeness (QED) is 0.338. The Morgan fingerprint density at radius 3 is 2.44 bits per heavy atom. The highest BCUT2D eigenvalue weighted by molar-refractivity contribution is 7.93. The molecule has 36 heavy (non-hydrogen) atoms. The van der Waals surface area contributed by atoms with Crippen molar-refractivity contribution in [3.8, 4) is 5.75 Å². The topological polar surface area (TPSA) is 102 Å². The number of hydrogen-bond acceptors (Lipinski definition) is 7. The van der Waals surface area contributed by atoms with Gasteiger partial charge >= 0.3 is 5.97 Å². The number of esters is 1. The fourth-order valence-corrected chi connectivity index (χ4v) is 6.04. The third-order valence-electron chi connectivity index (χ3n) is 5.63. The summed E-state index contributed by atoms with van der Waals surface area (Å²) in [5, 5.41) is 3.46. The molecule has 8 nitrogen and oxygen atoms in total. The summed E-state index contributed by atoms with van der Waals surface area (Å²) in [6, 6.07) is 18.4. The zero-order valence-electron chi connectivity index (χ0n) is 20.1. The highest BCUT2D eigenvalue weighted by Gasteiger charge is 2.26. The highest BCUT2D eigenvalue weighted by Crippen LogP contribution is 2.34. The van der Waals surface area contributed by atoms with Crippen molar-refractivity contribution < 1.29 is 27.5 Å². The first kappa shape index (κ1) is 25.2. The fraction of sp³-hybridized carbons (Fsp3) is 0.154. The monoisotopic (exact) mass is 524 g/mol. The smallest absolute Gasteiger partial charge is 0.339 e. The van der Waals surface area contributed by atoms with Crippen molar-refractivity contribution in [2.75, 3.05) is 30.9 Å². The maximum absolute atomic E-state index is 13.4. The van der Waals surface area contributed by atoms with E-state index in [0.717, 1.165) is 10.3 Å². The number of sulfonamides is 1. The number of ether oxygens (including phenoxy) is 2. The number of fused-ring (bicyclic) bond motifs is 1. The van der Waals surface area contributed by atoms with Crippen LogP contribution in [0.2, 0.25) is 0 Å². The summed E-state index contributed by atoms with van der Waals surface area (Å²) in [7, 11) is 0.274. The fourth-order valence-electron chi connectivity index (χ4n) is 3.67. The molecular formula is C26H24N2O6S2. The first-order valence-corrected chi connectivity index (χ1v) is 13.1. The summed E-state index contributed by atoms with van der Waals surface area (Å²) in [6.45, 7) is 1.81. The normalized spacial score (nSPS) is 11.2. The largest absolute Gasteiger partial charge is 0.495 e. The molecule has 186 valence electrons. The second-order valence-electron chi connectivity index (χ2n) is 7.95. The SMILES string of the molecule is COC(=O)c1ccccc1NC(=O)c1cc2cc(N(C)S(=O)(=O)c3cc(C)ccc3OC)ccc2s1. The van der Waals surface area contributed by atoms with Crippen molar-refractivity contribution in [1.29, 1.82) is 0 Å². The Hall–Kier alpha value is -3.89. The Morgan fingerprint density at radius 2 is 1.72 bits per heavy atom. The summed E-state index contributed by atoms with van der Waals surface area (Å²) in [4.78, 5) is 25.4. The van der Waals surface area contributed by atoms with Crippen LogP contribution in [0.15, 0.2) is 71.6 Å². The molecule has 0 radical (unpaired) electrons. The molecule has 0 bridgehead atoms. The van der Waals surface area contributed by atoms with Gasteiger partial charge in [-0.15, -0.1) is 11.3 Å². The van der Waals surface area contributed by atoms with E-state index in [2.05, 4.69) is 5.32 Å². The van der Waals surface area contributed by atoms with E-state index >= 15 is 0 Å². The minimum Gasteiger partial charge on any atom is -0.495 e. The van der Waals surface area contributed by atoms with Gasteiger partial charge < -0.3 is 14.8 Å². The maximum atomic E-state index is 13.4. The zero-order valence-corrected chi connectivity index (χ0v) is 21.7. The van der Waals surface area contributed by atoms with E-state index in [1.165, 1.54) is 36.9 Å². The summed E-state index contributed by atoms with van der Waals surface area (Å²) < 4.78 is 38.8. The van der Waals surface area contributed by atoms with Crippen molar-refractivity contribution in [2.24, 2.45) is 0 Å².